The Labute approximate surface area is 224 Å². The fourth-order valence-corrected chi connectivity index (χ4v) is 5.59. The lowest BCUT2D eigenvalue weighted by molar-refractivity contribution is -0.138. The summed E-state index contributed by atoms with van der Waals surface area (Å²) < 4.78 is 0. The van der Waals surface area contributed by atoms with E-state index in [2.05, 4.69) is 10.3 Å². The molecule has 0 spiro atoms. The number of aromatic amines is 1. The number of aliphatic carboxylic acids is 1. The second-order valence-electron chi connectivity index (χ2n) is 10.0. The number of aromatic nitrogens is 1. The first-order chi connectivity index (χ1) is 18.8. The maximum Gasteiger partial charge on any atom is 0.332 e. The highest BCUT2D eigenvalue weighted by Gasteiger charge is 2.53. The van der Waals surface area contributed by atoms with Gasteiger partial charge in [0.05, 0.1) is 11.3 Å². The lowest BCUT2D eigenvalue weighted by atomic mass is 9.88. The topological polar surface area (TPSA) is 123 Å². The number of urea groups is 1. The van der Waals surface area contributed by atoms with Gasteiger partial charge < -0.3 is 15.4 Å². The summed E-state index contributed by atoms with van der Waals surface area (Å²) in [5, 5.41) is 12.7. The Balaban J connectivity index is 1.46. The van der Waals surface area contributed by atoms with Crippen LogP contribution in [0.3, 0.4) is 0 Å². The summed E-state index contributed by atoms with van der Waals surface area (Å²) in [6.07, 6.45) is 0.327. The van der Waals surface area contributed by atoms with Crippen LogP contribution in [0.4, 0.5) is 10.5 Å². The number of H-pyrrole nitrogens is 1. The molecule has 1 saturated heterocycles. The van der Waals surface area contributed by atoms with Gasteiger partial charge in [-0.25, -0.2) is 9.69 Å². The number of nitrogens with zero attached hydrogens (tertiary/aromatic N) is 2. The summed E-state index contributed by atoms with van der Waals surface area (Å²) in [7, 11) is 0. The first kappa shape index (κ1) is 24.4. The van der Waals surface area contributed by atoms with E-state index >= 15 is 0 Å². The summed E-state index contributed by atoms with van der Waals surface area (Å²) in [5.41, 5.74) is 4.89. The van der Waals surface area contributed by atoms with E-state index in [1.807, 2.05) is 55.5 Å². The summed E-state index contributed by atoms with van der Waals surface area (Å²) in [6.45, 7) is 3.33. The molecule has 3 aromatic carbocycles. The standard InChI is InChI=1S/C30H26N4O5/c1-16-11-13-18(14-12-16)26-25-21(19-7-3-5-9-22(19)32-25)15-24-28(36)34(30(39)33(24)26)23-10-6-4-8-20(23)27(35)31-17(2)29(37)38/h3-14,17,24,26,32H,15H2,1-2H3,(H,31,35)(H,37,38)/t17-,24+,26+/m1/s1. The molecule has 9 heteroatoms. The number of nitrogens with one attached hydrogen (secondary N) is 2. The van der Waals surface area contributed by atoms with Crippen molar-refractivity contribution in [3.8, 4) is 0 Å². The molecule has 3 atom stereocenters. The van der Waals surface area contributed by atoms with Gasteiger partial charge in [-0.05, 0) is 43.2 Å². The fraction of sp³-hybridized carbons (Fsp3) is 0.200. The molecule has 196 valence electrons. The van der Waals surface area contributed by atoms with Crippen LogP contribution in [0.25, 0.3) is 10.9 Å². The molecule has 4 aromatic rings. The number of fused-ring (bicyclic) bond motifs is 4. The Morgan fingerprint density at radius 3 is 2.44 bits per heavy atom. The van der Waals surface area contributed by atoms with Gasteiger partial charge in [0, 0.05) is 23.0 Å². The van der Waals surface area contributed by atoms with Gasteiger partial charge >= 0.3 is 12.0 Å². The largest absolute Gasteiger partial charge is 0.480 e. The smallest absolute Gasteiger partial charge is 0.332 e. The Morgan fingerprint density at radius 1 is 1.00 bits per heavy atom. The van der Waals surface area contributed by atoms with E-state index in [0.29, 0.717) is 6.42 Å². The predicted molar refractivity (Wildman–Crippen MR) is 145 cm³/mol. The van der Waals surface area contributed by atoms with E-state index in [1.54, 1.807) is 17.0 Å². The van der Waals surface area contributed by atoms with E-state index in [4.69, 9.17) is 0 Å². The molecule has 3 heterocycles. The third-order valence-electron chi connectivity index (χ3n) is 7.55. The number of aryl methyl sites for hydroxylation is 1. The number of hydrogen-bond donors (Lipinski definition) is 3. The summed E-state index contributed by atoms with van der Waals surface area (Å²) in [5.74, 6) is -2.31. The van der Waals surface area contributed by atoms with Crippen molar-refractivity contribution < 1.29 is 24.3 Å². The maximum atomic E-state index is 14.1. The number of rotatable bonds is 5. The van der Waals surface area contributed by atoms with Crippen LogP contribution in [0.15, 0.2) is 72.8 Å². The number of anilines is 1. The van der Waals surface area contributed by atoms with Crippen molar-refractivity contribution in [3.63, 3.8) is 0 Å². The van der Waals surface area contributed by atoms with Crippen LogP contribution in [-0.2, 0) is 16.0 Å². The van der Waals surface area contributed by atoms with Gasteiger partial charge in [-0.2, -0.15) is 0 Å². The van der Waals surface area contributed by atoms with E-state index in [-0.39, 0.29) is 11.3 Å². The maximum absolute atomic E-state index is 14.1. The minimum atomic E-state index is -1.19. The van der Waals surface area contributed by atoms with Crippen molar-refractivity contribution in [2.45, 2.75) is 38.4 Å². The van der Waals surface area contributed by atoms with Gasteiger partial charge in [-0.15, -0.1) is 0 Å². The number of benzene rings is 3. The van der Waals surface area contributed by atoms with Crippen LogP contribution in [-0.4, -0.2) is 50.9 Å². The second kappa shape index (κ2) is 9.13. The molecule has 0 radical (unpaired) electrons. The number of para-hydroxylation sites is 2. The molecule has 0 aliphatic carbocycles. The van der Waals surface area contributed by atoms with Crippen molar-refractivity contribution in [1.29, 1.82) is 0 Å². The Hall–Kier alpha value is -4.92. The molecule has 0 bridgehead atoms. The monoisotopic (exact) mass is 522 g/mol. The fourth-order valence-electron chi connectivity index (χ4n) is 5.59. The molecule has 1 fully saturated rings. The molecular formula is C30H26N4O5. The summed E-state index contributed by atoms with van der Waals surface area (Å²) in [4.78, 5) is 58.6. The Morgan fingerprint density at radius 2 is 1.69 bits per heavy atom. The van der Waals surface area contributed by atoms with E-state index in [0.717, 1.165) is 38.2 Å². The van der Waals surface area contributed by atoms with Gasteiger partial charge in [0.2, 0.25) is 0 Å². The molecule has 3 N–H and O–H groups in total. The van der Waals surface area contributed by atoms with Crippen molar-refractivity contribution in [2.24, 2.45) is 0 Å². The molecule has 0 unspecified atom stereocenters. The number of carbonyl (C=O) groups is 4. The molecule has 2 aliphatic heterocycles. The molecule has 39 heavy (non-hydrogen) atoms. The number of hydrogen-bond acceptors (Lipinski definition) is 4. The number of carboxylic acids is 1. The quantitative estimate of drug-likeness (QED) is 0.340. The molecule has 9 nitrogen and oxygen atoms in total. The molecular weight excluding hydrogens is 496 g/mol. The number of carboxylic acid groups (broad SMARTS) is 1. The van der Waals surface area contributed by atoms with Crippen LogP contribution < -0.4 is 10.2 Å². The van der Waals surface area contributed by atoms with E-state index in [1.165, 1.54) is 19.1 Å². The van der Waals surface area contributed by atoms with E-state index < -0.39 is 41.9 Å². The normalized spacial score (nSPS) is 19.1. The highest BCUT2D eigenvalue weighted by Crippen LogP contribution is 2.45. The zero-order chi connectivity index (χ0) is 27.4. The zero-order valence-electron chi connectivity index (χ0n) is 21.3. The van der Waals surface area contributed by atoms with Gasteiger partial charge in [-0.1, -0.05) is 60.2 Å². The predicted octanol–water partition coefficient (Wildman–Crippen LogP) is 4.16. The van der Waals surface area contributed by atoms with Crippen LogP contribution in [0.2, 0.25) is 0 Å². The SMILES string of the molecule is Cc1ccc([C@H]2c3[nH]c4ccccc4c3C[C@H]3C(=O)N(c4ccccc4C(=O)N[C@H](C)C(=O)O)C(=O)N23)cc1. The number of amides is 4. The molecule has 4 amide bonds. The van der Waals surface area contributed by atoms with Crippen molar-refractivity contribution in [2.75, 3.05) is 4.90 Å². The van der Waals surface area contributed by atoms with Gasteiger partial charge in [0.1, 0.15) is 18.1 Å². The molecule has 0 saturated carbocycles. The van der Waals surface area contributed by atoms with Gasteiger partial charge in [-0.3, -0.25) is 19.3 Å². The van der Waals surface area contributed by atoms with Gasteiger partial charge in [0.25, 0.3) is 11.8 Å². The summed E-state index contributed by atoms with van der Waals surface area (Å²) in [6, 6.07) is 19.0. The lowest BCUT2D eigenvalue weighted by Gasteiger charge is -2.36. The van der Waals surface area contributed by atoms with Crippen molar-refractivity contribution >= 4 is 40.4 Å². The highest BCUT2D eigenvalue weighted by atomic mass is 16.4. The average Bonchev–Trinajstić information content (AvgIpc) is 3.42. The lowest BCUT2D eigenvalue weighted by Crippen LogP contribution is -2.44. The molecule has 1 aromatic heterocycles. The molecule has 2 aliphatic rings. The van der Waals surface area contributed by atoms with E-state index in [9.17, 15) is 24.3 Å². The van der Waals surface area contributed by atoms with Crippen molar-refractivity contribution in [1.82, 2.24) is 15.2 Å². The average molecular weight is 523 g/mol. The van der Waals surface area contributed by atoms with Crippen LogP contribution in [0.1, 0.15) is 45.7 Å². The third-order valence-corrected chi connectivity index (χ3v) is 7.55. The Kier molecular flexibility index (Phi) is 5.71. The first-order valence-electron chi connectivity index (χ1n) is 12.7. The minimum absolute atomic E-state index is 0.0444. The summed E-state index contributed by atoms with van der Waals surface area (Å²) >= 11 is 0. The third kappa shape index (κ3) is 3.85. The Bertz CT molecular complexity index is 1660. The van der Waals surface area contributed by atoms with Crippen LogP contribution >= 0.6 is 0 Å². The highest BCUT2D eigenvalue weighted by molar-refractivity contribution is 6.24. The number of imide groups is 1. The second-order valence-corrected chi connectivity index (χ2v) is 10.0. The van der Waals surface area contributed by atoms with Gasteiger partial charge in [0.15, 0.2) is 0 Å². The van der Waals surface area contributed by atoms with Crippen molar-refractivity contribution in [3.05, 3.63) is 101 Å². The minimum Gasteiger partial charge on any atom is -0.480 e. The molecule has 6 rings (SSSR count). The number of carbonyl (C=O) groups excluding carboxylic acids is 3. The first-order valence-corrected chi connectivity index (χ1v) is 12.7. The van der Waals surface area contributed by atoms with Crippen LogP contribution in [0.5, 0.6) is 0 Å². The van der Waals surface area contributed by atoms with Crippen LogP contribution in [0, 0.1) is 6.92 Å². The zero-order valence-corrected chi connectivity index (χ0v) is 21.3.